The molecule has 0 N–H and O–H groups in total. The third-order valence-electron chi connectivity index (χ3n) is 5.42. The molecule has 2 aliphatic rings. The SMILES string of the molecule is CCCC[C@@]1(CCOCc2ccccc2)C=C2[C@H](CCOC2(C)C)O1. The second-order valence-corrected chi connectivity index (χ2v) is 7.81. The Morgan fingerprint density at radius 3 is 2.68 bits per heavy atom. The quantitative estimate of drug-likeness (QED) is 0.488. The molecular formula is C22H32O3. The summed E-state index contributed by atoms with van der Waals surface area (Å²) < 4.78 is 18.5. The van der Waals surface area contributed by atoms with Crippen molar-refractivity contribution in [2.24, 2.45) is 0 Å². The molecular weight excluding hydrogens is 312 g/mol. The van der Waals surface area contributed by atoms with E-state index in [0.717, 1.165) is 32.5 Å². The van der Waals surface area contributed by atoms with Crippen molar-refractivity contribution in [3.63, 3.8) is 0 Å². The predicted octanol–water partition coefficient (Wildman–Crippen LogP) is 5.05. The van der Waals surface area contributed by atoms with Gasteiger partial charge < -0.3 is 14.2 Å². The lowest BCUT2D eigenvalue weighted by Crippen LogP contribution is -2.39. The van der Waals surface area contributed by atoms with Gasteiger partial charge in [0.2, 0.25) is 0 Å². The van der Waals surface area contributed by atoms with Crippen LogP contribution in [0.4, 0.5) is 0 Å². The highest BCUT2D eigenvalue weighted by molar-refractivity contribution is 5.30. The van der Waals surface area contributed by atoms with Gasteiger partial charge in [0.05, 0.1) is 37.1 Å². The normalized spacial score (nSPS) is 27.8. The fourth-order valence-electron chi connectivity index (χ4n) is 3.91. The molecule has 2 atom stereocenters. The highest BCUT2D eigenvalue weighted by Crippen LogP contribution is 2.44. The molecule has 25 heavy (non-hydrogen) atoms. The summed E-state index contributed by atoms with van der Waals surface area (Å²) in [5, 5.41) is 0. The first-order valence-corrected chi connectivity index (χ1v) is 9.71. The van der Waals surface area contributed by atoms with Crippen LogP contribution in [-0.2, 0) is 20.8 Å². The van der Waals surface area contributed by atoms with Crippen LogP contribution < -0.4 is 0 Å². The molecule has 3 heteroatoms. The van der Waals surface area contributed by atoms with Gasteiger partial charge >= 0.3 is 0 Å². The highest BCUT2D eigenvalue weighted by atomic mass is 16.5. The first kappa shape index (κ1) is 18.6. The lowest BCUT2D eigenvalue weighted by Gasteiger charge is -2.36. The van der Waals surface area contributed by atoms with E-state index in [1.807, 2.05) is 6.07 Å². The fraction of sp³-hybridized carbons (Fsp3) is 0.636. The van der Waals surface area contributed by atoms with Crippen LogP contribution in [-0.4, -0.2) is 30.5 Å². The molecule has 3 nitrogen and oxygen atoms in total. The molecule has 1 saturated heterocycles. The molecule has 0 aliphatic carbocycles. The zero-order chi connectivity index (χ0) is 17.8. The molecule has 0 spiro atoms. The van der Waals surface area contributed by atoms with Gasteiger partial charge in [-0.2, -0.15) is 0 Å². The van der Waals surface area contributed by atoms with Crippen molar-refractivity contribution in [3.05, 3.63) is 47.5 Å². The van der Waals surface area contributed by atoms with Crippen LogP contribution in [0.5, 0.6) is 0 Å². The van der Waals surface area contributed by atoms with Crippen LogP contribution >= 0.6 is 0 Å². The van der Waals surface area contributed by atoms with Crippen molar-refractivity contribution in [1.82, 2.24) is 0 Å². The number of hydrogen-bond donors (Lipinski definition) is 0. The molecule has 138 valence electrons. The Hall–Kier alpha value is -1.16. The van der Waals surface area contributed by atoms with Crippen LogP contribution in [0.25, 0.3) is 0 Å². The Morgan fingerprint density at radius 2 is 1.96 bits per heavy atom. The van der Waals surface area contributed by atoms with Crippen LogP contribution in [0.15, 0.2) is 42.0 Å². The summed E-state index contributed by atoms with van der Waals surface area (Å²) in [6, 6.07) is 10.4. The van der Waals surface area contributed by atoms with Crippen molar-refractivity contribution in [1.29, 1.82) is 0 Å². The minimum Gasteiger partial charge on any atom is -0.377 e. The van der Waals surface area contributed by atoms with Crippen molar-refractivity contribution >= 4 is 0 Å². The number of fused-ring (bicyclic) bond motifs is 1. The van der Waals surface area contributed by atoms with E-state index < -0.39 is 0 Å². The summed E-state index contributed by atoms with van der Waals surface area (Å²) in [7, 11) is 0. The topological polar surface area (TPSA) is 27.7 Å². The average Bonchev–Trinajstić information content (AvgIpc) is 2.99. The molecule has 1 aromatic rings. The van der Waals surface area contributed by atoms with Crippen LogP contribution in [0.2, 0.25) is 0 Å². The molecule has 2 aliphatic heterocycles. The zero-order valence-corrected chi connectivity index (χ0v) is 15.9. The number of hydrogen-bond acceptors (Lipinski definition) is 3. The maximum absolute atomic E-state index is 6.59. The van der Waals surface area contributed by atoms with Gasteiger partial charge in [0.25, 0.3) is 0 Å². The second-order valence-electron chi connectivity index (χ2n) is 7.81. The first-order valence-electron chi connectivity index (χ1n) is 9.71. The average molecular weight is 344 g/mol. The van der Waals surface area contributed by atoms with E-state index >= 15 is 0 Å². The summed E-state index contributed by atoms with van der Waals surface area (Å²) in [6.07, 6.45) is 7.89. The van der Waals surface area contributed by atoms with Crippen molar-refractivity contribution in [2.75, 3.05) is 13.2 Å². The largest absolute Gasteiger partial charge is 0.377 e. The van der Waals surface area contributed by atoms with Gasteiger partial charge in [0.1, 0.15) is 0 Å². The molecule has 0 radical (unpaired) electrons. The Labute approximate surface area is 152 Å². The maximum Gasteiger partial charge on any atom is 0.0897 e. The number of benzene rings is 1. The van der Waals surface area contributed by atoms with Crippen molar-refractivity contribution < 1.29 is 14.2 Å². The van der Waals surface area contributed by atoms with Crippen molar-refractivity contribution in [2.45, 2.75) is 76.8 Å². The predicted molar refractivity (Wildman–Crippen MR) is 101 cm³/mol. The summed E-state index contributed by atoms with van der Waals surface area (Å²) in [5.74, 6) is 0. The van der Waals surface area contributed by atoms with E-state index in [2.05, 4.69) is 51.1 Å². The molecule has 0 unspecified atom stereocenters. The Bertz CT molecular complexity index is 578. The molecule has 0 bridgehead atoms. The molecule has 0 saturated carbocycles. The van der Waals surface area contributed by atoms with E-state index in [1.54, 1.807) is 0 Å². The number of unbranched alkanes of at least 4 members (excludes halogenated alkanes) is 1. The standard InChI is InChI=1S/C22H32O3/c1-4-5-12-22(13-15-23-17-18-9-7-6-8-10-18)16-19-20(25-22)11-14-24-21(19,2)3/h6-10,16,20H,4-5,11-15,17H2,1-3H3/t20-,22+/m0/s1. The van der Waals surface area contributed by atoms with E-state index in [9.17, 15) is 0 Å². The summed E-state index contributed by atoms with van der Waals surface area (Å²) in [4.78, 5) is 0. The van der Waals surface area contributed by atoms with Crippen LogP contribution in [0.1, 0.15) is 58.4 Å². The van der Waals surface area contributed by atoms with Gasteiger partial charge in [0.15, 0.2) is 0 Å². The van der Waals surface area contributed by atoms with Gasteiger partial charge in [-0.05, 0) is 37.5 Å². The van der Waals surface area contributed by atoms with E-state index in [-0.39, 0.29) is 17.3 Å². The molecule has 1 aromatic carbocycles. The number of ether oxygens (including phenoxy) is 3. The zero-order valence-electron chi connectivity index (χ0n) is 15.9. The van der Waals surface area contributed by atoms with Gasteiger partial charge in [-0.15, -0.1) is 0 Å². The van der Waals surface area contributed by atoms with Gasteiger partial charge in [-0.1, -0.05) is 50.1 Å². The summed E-state index contributed by atoms with van der Waals surface area (Å²) in [5.41, 5.74) is 2.16. The van der Waals surface area contributed by atoms with E-state index in [1.165, 1.54) is 24.0 Å². The smallest absolute Gasteiger partial charge is 0.0897 e. The fourth-order valence-corrected chi connectivity index (χ4v) is 3.91. The third kappa shape index (κ3) is 4.52. The molecule has 0 aromatic heterocycles. The Morgan fingerprint density at radius 1 is 1.16 bits per heavy atom. The molecule has 1 fully saturated rings. The van der Waals surface area contributed by atoms with Gasteiger partial charge in [-0.3, -0.25) is 0 Å². The lowest BCUT2D eigenvalue weighted by molar-refractivity contribution is -0.0997. The summed E-state index contributed by atoms with van der Waals surface area (Å²) >= 11 is 0. The van der Waals surface area contributed by atoms with Crippen LogP contribution in [0.3, 0.4) is 0 Å². The third-order valence-corrected chi connectivity index (χ3v) is 5.42. The maximum atomic E-state index is 6.59. The van der Waals surface area contributed by atoms with Gasteiger partial charge in [-0.25, -0.2) is 0 Å². The Balaban J connectivity index is 1.62. The van der Waals surface area contributed by atoms with Crippen molar-refractivity contribution in [3.8, 4) is 0 Å². The minimum absolute atomic E-state index is 0.183. The monoisotopic (exact) mass is 344 g/mol. The Kier molecular flexibility index (Phi) is 5.98. The highest BCUT2D eigenvalue weighted by Gasteiger charge is 2.46. The van der Waals surface area contributed by atoms with Crippen LogP contribution in [0, 0.1) is 0 Å². The van der Waals surface area contributed by atoms with E-state index in [0.29, 0.717) is 6.61 Å². The second kappa shape index (κ2) is 8.03. The molecule has 0 amide bonds. The van der Waals surface area contributed by atoms with Gasteiger partial charge in [0, 0.05) is 12.8 Å². The molecule has 2 heterocycles. The minimum atomic E-state index is -0.207. The first-order chi connectivity index (χ1) is 12.0. The van der Waals surface area contributed by atoms with E-state index in [4.69, 9.17) is 14.2 Å². The lowest BCUT2D eigenvalue weighted by atomic mass is 9.86. The summed E-state index contributed by atoms with van der Waals surface area (Å²) in [6.45, 7) is 8.73. The number of rotatable bonds is 8. The molecule has 3 rings (SSSR count).